The van der Waals surface area contributed by atoms with Gasteiger partial charge in [-0.05, 0) is 51.2 Å². The van der Waals surface area contributed by atoms with E-state index in [-0.39, 0.29) is 11.9 Å². The topological polar surface area (TPSA) is 106 Å². The Balaban J connectivity index is 1.61. The summed E-state index contributed by atoms with van der Waals surface area (Å²) in [5.74, 6) is 0.412. The lowest BCUT2D eigenvalue weighted by molar-refractivity contribution is -0.127. The van der Waals surface area contributed by atoms with Gasteiger partial charge < -0.3 is 15.5 Å². The lowest BCUT2D eigenvalue weighted by Crippen LogP contribution is -2.40. The van der Waals surface area contributed by atoms with E-state index >= 15 is 0 Å². The van der Waals surface area contributed by atoms with Gasteiger partial charge in [0.25, 0.3) is 0 Å². The lowest BCUT2D eigenvalue weighted by atomic mass is 10.1. The zero-order valence-corrected chi connectivity index (χ0v) is 18.4. The van der Waals surface area contributed by atoms with E-state index in [1.807, 2.05) is 65.0 Å². The SMILES string of the molecule is CN(C)C/C=C/C(=O)N1CCC[C@@H](n2nc(/C=C/c3ccccn3)c3c(N)ncnc32)C1. The number of anilines is 1. The largest absolute Gasteiger partial charge is 0.383 e. The number of carbonyl (C=O) groups is 1. The first kappa shape index (κ1) is 21.6. The molecule has 1 atom stereocenters. The van der Waals surface area contributed by atoms with Gasteiger partial charge in [-0.15, -0.1) is 0 Å². The molecule has 3 aromatic heterocycles. The minimum atomic E-state index is 0.0174. The number of likely N-dealkylation sites (tertiary alicyclic amines) is 1. The first-order valence-electron chi connectivity index (χ1n) is 10.7. The molecule has 1 aliphatic rings. The van der Waals surface area contributed by atoms with Crippen LogP contribution in [0.15, 0.2) is 42.9 Å². The Morgan fingerprint density at radius 3 is 2.91 bits per heavy atom. The average Bonchev–Trinajstić information content (AvgIpc) is 3.18. The molecular formula is C23H28N8O. The summed E-state index contributed by atoms with van der Waals surface area (Å²) >= 11 is 0. The van der Waals surface area contributed by atoms with Crippen molar-refractivity contribution in [1.82, 2.24) is 34.5 Å². The molecule has 0 unspecified atom stereocenters. The number of fused-ring (bicyclic) bond motifs is 1. The van der Waals surface area contributed by atoms with Crippen LogP contribution >= 0.6 is 0 Å². The van der Waals surface area contributed by atoms with Crippen LogP contribution in [-0.4, -0.2) is 74.2 Å². The molecule has 0 radical (unpaired) electrons. The molecule has 1 amide bonds. The van der Waals surface area contributed by atoms with E-state index in [4.69, 9.17) is 10.8 Å². The molecule has 9 nitrogen and oxygen atoms in total. The maximum atomic E-state index is 12.7. The van der Waals surface area contributed by atoms with Crippen molar-refractivity contribution in [2.24, 2.45) is 0 Å². The van der Waals surface area contributed by atoms with Crippen molar-refractivity contribution in [1.29, 1.82) is 0 Å². The van der Waals surface area contributed by atoms with Crippen LogP contribution in [-0.2, 0) is 4.79 Å². The van der Waals surface area contributed by atoms with Crippen LogP contribution in [0.25, 0.3) is 23.2 Å². The number of nitrogen functional groups attached to an aromatic ring is 1. The molecule has 4 heterocycles. The average molecular weight is 433 g/mol. The molecule has 0 aromatic carbocycles. The van der Waals surface area contributed by atoms with Gasteiger partial charge >= 0.3 is 0 Å². The normalized spacial score (nSPS) is 17.2. The van der Waals surface area contributed by atoms with Crippen LogP contribution < -0.4 is 5.73 Å². The first-order valence-corrected chi connectivity index (χ1v) is 10.7. The monoisotopic (exact) mass is 432 g/mol. The van der Waals surface area contributed by atoms with Gasteiger partial charge in [-0.3, -0.25) is 9.78 Å². The minimum Gasteiger partial charge on any atom is -0.383 e. The molecule has 1 saturated heterocycles. The van der Waals surface area contributed by atoms with Crippen molar-refractivity contribution >= 4 is 34.9 Å². The Labute approximate surface area is 187 Å². The fourth-order valence-electron chi connectivity index (χ4n) is 3.86. The second-order valence-corrected chi connectivity index (χ2v) is 8.12. The number of piperidine rings is 1. The van der Waals surface area contributed by atoms with Crippen molar-refractivity contribution in [3.8, 4) is 0 Å². The Kier molecular flexibility index (Phi) is 6.55. The third-order valence-corrected chi connectivity index (χ3v) is 5.43. The quantitative estimate of drug-likeness (QED) is 0.596. The summed E-state index contributed by atoms with van der Waals surface area (Å²) in [6, 6.07) is 5.74. The molecule has 166 valence electrons. The number of hydrogen-bond acceptors (Lipinski definition) is 7. The third kappa shape index (κ3) is 4.83. The molecule has 0 bridgehead atoms. The van der Waals surface area contributed by atoms with Crippen LogP contribution in [0.5, 0.6) is 0 Å². The number of nitrogens with zero attached hydrogens (tertiary/aromatic N) is 7. The highest BCUT2D eigenvalue weighted by Crippen LogP contribution is 2.29. The second kappa shape index (κ2) is 9.69. The van der Waals surface area contributed by atoms with E-state index in [9.17, 15) is 4.79 Å². The van der Waals surface area contributed by atoms with Gasteiger partial charge in [0.2, 0.25) is 5.91 Å². The van der Waals surface area contributed by atoms with Gasteiger partial charge in [-0.2, -0.15) is 5.10 Å². The van der Waals surface area contributed by atoms with Crippen LogP contribution in [0.3, 0.4) is 0 Å². The van der Waals surface area contributed by atoms with E-state index in [0.717, 1.165) is 31.6 Å². The standard InChI is InChI=1S/C23H28N8O/c1-29(2)13-6-9-20(32)30-14-5-8-18(15-30)31-23-21(22(24)26-16-27-23)19(28-31)11-10-17-7-3-4-12-25-17/h3-4,6-7,9-12,16,18H,5,8,13-15H2,1-2H3,(H2,24,26,27)/b9-6+,11-10+/t18-/m1/s1. The number of hydrogen-bond donors (Lipinski definition) is 1. The highest BCUT2D eigenvalue weighted by molar-refractivity contribution is 5.94. The van der Waals surface area contributed by atoms with Crippen LogP contribution in [0.2, 0.25) is 0 Å². The fourth-order valence-corrected chi connectivity index (χ4v) is 3.86. The summed E-state index contributed by atoms with van der Waals surface area (Å²) in [7, 11) is 3.95. The van der Waals surface area contributed by atoms with Crippen molar-refractivity contribution in [3.63, 3.8) is 0 Å². The molecular weight excluding hydrogens is 404 g/mol. The van der Waals surface area contributed by atoms with E-state index < -0.39 is 0 Å². The maximum Gasteiger partial charge on any atom is 0.246 e. The van der Waals surface area contributed by atoms with Crippen molar-refractivity contribution in [3.05, 3.63) is 54.3 Å². The Morgan fingerprint density at radius 2 is 2.12 bits per heavy atom. The van der Waals surface area contributed by atoms with Gasteiger partial charge in [0, 0.05) is 31.9 Å². The smallest absolute Gasteiger partial charge is 0.246 e. The van der Waals surface area contributed by atoms with Crippen molar-refractivity contribution in [2.45, 2.75) is 18.9 Å². The van der Waals surface area contributed by atoms with Gasteiger partial charge in [0.1, 0.15) is 12.1 Å². The molecule has 32 heavy (non-hydrogen) atoms. The summed E-state index contributed by atoms with van der Waals surface area (Å²) in [5, 5.41) is 5.54. The number of aromatic nitrogens is 5. The molecule has 1 fully saturated rings. The molecule has 1 aliphatic heterocycles. The van der Waals surface area contributed by atoms with E-state index in [1.165, 1.54) is 6.33 Å². The van der Waals surface area contributed by atoms with Crippen LogP contribution in [0, 0.1) is 0 Å². The number of likely N-dealkylation sites (N-methyl/N-ethyl adjacent to an activating group) is 1. The number of amides is 1. The summed E-state index contributed by atoms with van der Waals surface area (Å²) in [5.41, 5.74) is 8.39. The third-order valence-electron chi connectivity index (χ3n) is 5.43. The zero-order chi connectivity index (χ0) is 22.5. The Hall–Kier alpha value is -3.59. The van der Waals surface area contributed by atoms with Gasteiger partial charge in [0.15, 0.2) is 5.65 Å². The summed E-state index contributed by atoms with van der Waals surface area (Å²) in [6.45, 7) is 2.05. The number of rotatable bonds is 6. The van der Waals surface area contributed by atoms with E-state index in [2.05, 4.69) is 15.0 Å². The molecule has 0 saturated carbocycles. The van der Waals surface area contributed by atoms with Crippen LogP contribution in [0.4, 0.5) is 5.82 Å². The van der Waals surface area contributed by atoms with Crippen molar-refractivity contribution < 1.29 is 4.79 Å². The molecule has 4 rings (SSSR count). The highest BCUT2D eigenvalue weighted by atomic mass is 16.2. The predicted octanol–water partition coefficient (Wildman–Crippen LogP) is 2.26. The lowest BCUT2D eigenvalue weighted by Gasteiger charge is -2.32. The van der Waals surface area contributed by atoms with Gasteiger partial charge in [0.05, 0.1) is 22.8 Å². The fraction of sp³-hybridized carbons (Fsp3) is 0.348. The predicted molar refractivity (Wildman–Crippen MR) is 125 cm³/mol. The molecule has 0 spiro atoms. The Morgan fingerprint density at radius 1 is 1.25 bits per heavy atom. The van der Waals surface area contributed by atoms with E-state index in [1.54, 1.807) is 12.3 Å². The first-order chi connectivity index (χ1) is 15.5. The molecule has 9 heteroatoms. The number of carbonyl (C=O) groups excluding carboxylic acids is 1. The number of pyridine rings is 1. The minimum absolute atomic E-state index is 0.0174. The van der Waals surface area contributed by atoms with Gasteiger partial charge in [-0.1, -0.05) is 12.1 Å². The molecule has 2 N–H and O–H groups in total. The molecule has 0 aliphatic carbocycles. The molecule has 3 aromatic rings. The van der Waals surface area contributed by atoms with Crippen molar-refractivity contribution in [2.75, 3.05) is 39.5 Å². The van der Waals surface area contributed by atoms with E-state index in [0.29, 0.717) is 29.1 Å². The zero-order valence-electron chi connectivity index (χ0n) is 18.4. The summed E-state index contributed by atoms with van der Waals surface area (Å²) in [6.07, 6.45) is 12.3. The van der Waals surface area contributed by atoms with Crippen LogP contribution in [0.1, 0.15) is 30.3 Å². The second-order valence-electron chi connectivity index (χ2n) is 8.12. The number of nitrogens with two attached hydrogens (primary N) is 1. The van der Waals surface area contributed by atoms with Gasteiger partial charge in [-0.25, -0.2) is 14.6 Å². The maximum absolute atomic E-state index is 12.7. The summed E-state index contributed by atoms with van der Waals surface area (Å²) < 4.78 is 1.90. The highest BCUT2D eigenvalue weighted by Gasteiger charge is 2.27. The Bertz CT molecular complexity index is 1140. The summed E-state index contributed by atoms with van der Waals surface area (Å²) in [4.78, 5) is 29.5.